The lowest BCUT2D eigenvalue weighted by Gasteiger charge is -2.16. The monoisotopic (exact) mass is 352 g/mol. The van der Waals surface area contributed by atoms with Crippen LogP contribution >= 0.6 is 0 Å². The number of nitrogens with one attached hydrogen (secondary N) is 1. The minimum Gasteiger partial charge on any atom is -0.449 e. The van der Waals surface area contributed by atoms with E-state index in [4.69, 9.17) is 4.74 Å². The Labute approximate surface area is 150 Å². The summed E-state index contributed by atoms with van der Waals surface area (Å²) in [5, 5.41) is 0.415. The average molecular weight is 352 g/mol. The van der Waals surface area contributed by atoms with Crippen LogP contribution in [0.3, 0.4) is 0 Å². The quantitative estimate of drug-likeness (QED) is 0.781. The van der Waals surface area contributed by atoms with Crippen LogP contribution in [0, 0.1) is 0 Å². The Morgan fingerprint density at radius 2 is 1.85 bits per heavy atom. The van der Waals surface area contributed by atoms with Gasteiger partial charge in [-0.2, -0.15) is 4.68 Å². The molecule has 0 spiro atoms. The number of carbonyl (C=O) groups excluding carboxylic acids is 1. The number of hydrogen-bond acceptors (Lipinski definition) is 5. The van der Waals surface area contributed by atoms with Crippen LogP contribution in [0.25, 0.3) is 22.3 Å². The van der Waals surface area contributed by atoms with Crippen LogP contribution in [-0.2, 0) is 4.74 Å². The number of rotatable bonds is 4. The van der Waals surface area contributed by atoms with Crippen molar-refractivity contribution in [3.63, 3.8) is 0 Å². The number of aromatic nitrogens is 2. The van der Waals surface area contributed by atoms with Crippen LogP contribution < -0.4 is 15.9 Å². The molecule has 1 N–H and O–H groups in total. The predicted molar refractivity (Wildman–Crippen MR) is 102 cm³/mol. The van der Waals surface area contributed by atoms with E-state index in [1.807, 2.05) is 49.3 Å². The Balaban J connectivity index is 2.18. The minimum atomic E-state index is -0.710. The molecule has 0 aliphatic rings. The molecular formula is C19H20N4O3. The maximum atomic E-state index is 12.9. The molecule has 1 aromatic heterocycles. The largest absolute Gasteiger partial charge is 0.449 e. The normalized spacial score (nSPS) is 10.6. The van der Waals surface area contributed by atoms with Crippen molar-refractivity contribution in [3.8, 4) is 11.4 Å². The first kappa shape index (κ1) is 17.5. The van der Waals surface area contributed by atoms with Crippen molar-refractivity contribution in [3.05, 3.63) is 58.9 Å². The summed E-state index contributed by atoms with van der Waals surface area (Å²) < 4.78 is 6.04. The second-order valence-corrected chi connectivity index (χ2v) is 5.87. The van der Waals surface area contributed by atoms with Gasteiger partial charge in [0.15, 0.2) is 5.82 Å². The van der Waals surface area contributed by atoms with Crippen molar-refractivity contribution >= 4 is 22.7 Å². The van der Waals surface area contributed by atoms with Gasteiger partial charge in [0.2, 0.25) is 0 Å². The molecule has 26 heavy (non-hydrogen) atoms. The van der Waals surface area contributed by atoms with E-state index in [9.17, 15) is 9.59 Å². The predicted octanol–water partition coefficient (Wildman–Crippen LogP) is 2.83. The third-order valence-electron chi connectivity index (χ3n) is 3.90. The van der Waals surface area contributed by atoms with Crippen molar-refractivity contribution in [2.24, 2.45) is 0 Å². The molecule has 0 aliphatic heterocycles. The number of nitrogens with zero attached hydrogens (tertiary/aromatic N) is 3. The number of fused-ring (bicyclic) bond motifs is 1. The molecule has 7 heteroatoms. The standard InChI is InChI=1S/C19H20N4O3/c1-4-26-19(25)21-23-17(13-9-11-14(12-10-13)22(2)3)20-16-8-6-5-7-15(16)18(23)24/h5-12H,4H2,1-3H3,(H,21,25). The molecule has 0 saturated heterocycles. The number of carbonyl (C=O) groups is 1. The van der Waals surface area contributed by atoms with E-state index < -0.39 is 6.09 Å². The first-order chi connectivity index (χ1) is 12.5. The van der Waals surface area contributed by atoms with Gasteiger partial charge >= 0.3 is 6.09 Å². The van der Waals surface area contributed by atoms with Crippen LogP contribution in [0.1, 0.15) is 6.92 Å². The van der Waals surface area contributed by atoms with Crippen LogP contribution in [0.4, 0.5) is 10.5 Å². The summed E-state index contributed by atoms with van der Waals surface area (Å²) in [7, 11) is 3.89. The minimum absolute atomic E-state index is 0.203. The molecule has 3 rings (SSSR count). The summed E-state index contributed by atoms with van der Waals surface area (Å²) in [6, 6.07) is 14.6. The Bertz CT molecular complexity index is 994. The number of hydrogen-bond donors (Lipinski definition) is 1. The molecule has 0 saturated carbocycles. The van der Waals surface area contributed by atoms with Gasteiger partial charge in [-0.1, -0.05) is 12.1 Å². The molecule has 0 bridgehead atoms. The van der Waals surface area contributed by atoms with Gasteiger partial charge in [0, 0.05) is 25.3 Å². The van der Waals surface area contributed by atoms with Crippen molar-refractivity contribution in [1.29, 1.82) is 0 Å². The van der Waals surface area contributed by atoms with Crippen LogP contribution in [0.15, 0.2) is 53.3 Å². The Kier molecular flexibility index (Phi) is 4.88. The highest BCUT2D eigenvalue weighted by Gasteiger charge is 2.15. The van der Waals surface area contributed by atoms with E-state index in [1.54, 1.807) is 25.1 Å². The molecular weight excluding hydrogens is 332 g/mol. The van der Waals surface area contributed by atoms with Gasteiger partial charge in [0.25, 0.3) is 5.56 Å². The summed E-state index contributed by atoms with van der Waals surface area (Å²) in [5.41, 5.74) is 4.39. The Morgan fingerprint density at radius 1 is 1.15 bits per heavy atom. The van der Waals surface area contributed by atoms with E-state index in [-0.39, 0.29) is 12.2 Å². The number of anilines is 1. The van der Waals surface area contributed by atoms with E-state index in [0.29, 0.717) is 22.3 Å². The van der Waals surface area contributed by atoms with Crippen molar-refractivity contribution in [2.75, 3.05) is 31.0 Å². The Hall–Kier alpha value is -3.35. The second-order valence-electron chi connectivity index (χ2n) is 5.87. The number of para-hydroxylation sites is 1. The lowest BCUT2D eigenvalue weighted by Crippen LogP contribution is -2.35. The van der Waals surface area contributed by atoms with E-state index >= 15 is 0 Å². The molecule has 3 aromatic rings. The maximum absolute atomic E-state index is 12.9. The topological polar surface area (TPSA) is 76.5 Å². The van der Waals surface area contributed by atoms with Crippen molar-refractivity contribution in [2.45, 2.75) is 6.92 Å². The van der Waals surface area contributed by atoms with Gasteiger partial charge in [-0.15, -0.1) is 0 Å². The fourth-order valence-corrected chi connectivity index (χ4v) is 2.59. The zero-order valence-electron chi connectivity index (χ0n) is 14.9. The third kappa shape index (κ3) is 3.37. The third-order valence-corrected chi connectivity index (χ3v) is 3.90. The van der Waals surface area contributed by atoms with Crippen LogP contribution in [0.2, 0.25) is 0 Å². The summed E-state index contributed by atoms with van der Waals surface area (Å²) in [5.74, 6) is 0.340. The van der Waals surface area contributed by atoms with Crippen molar-refractivity contribution < 1.29 is 9.53 Å². The molecule has 7 nitrogen and oxygen atoms in total. The summed E-state index contributed by atoms with van der Waals surface area (Å²) in [4.78, 5) is 31.3. The average Bonchev–Trinajstić information content (AvgIpc) is 2.64. The summed E-state index contributed by atoms with van der Waals surface area (Å²) in [6.45, 7) is 1.90. The first-order valence-corrected chi connectivity index (χ1v) is 8.24. The first-order valence-electron chi connectivity index (χ1n) is 8.24. The van der Waals surface area contributed by atoms with Crippen LogP contribution in [-0.4, -0.2) is 36.5 Å². The fourth-order valence-electron chi connectivity index (χ4n) is 2.59. The summed E-state index contributed by atoms with van der Waals surface area (Å²) >= 11 is 0. The number of ether oxygens (including phenoxy) is 1. The van der Waals surface area contributed by atoms with Crippen LogP contribution in [0.5, 0.6) is 0 Å². The molecule has 0 radical (unpaired) electrons. The molecule has 0 atom stereocenters. The Morgan fingerprint density at radius 3 is 2.50 bits per heavy atom. The second kappa shape index (κ2) is 7.26. The van der Waals surface area contributed by atoms with Crippen molar-refractivity contribution in [1.82, 2.24) is 9.66 Å². The van der Waals surface area contributed by atoms with Gasteiger partial charge in [-0.05, 0) is 43.3 Å². The van der Waals surface area contributed by atoms with Gasteiger partial charge in [0.1, 0.15) is 0 Å². The van der Waals surface area contributed by atoms with Gasteiger partial charge < -0.3 is 9.64 Å². The molecule has 134 valence electrons. The van der Waals surface area contributed by atoms with E-state index in [0.717, 1.165) is 10.4 Å². The molecule has 0 fully saturated rings. The highest BCUT2D eigenvalue weighted by atomic mass is 16.6. The van der Waals surface area contributed by atoms with E-state index in [2.05, 4.69) is 10.4 Å². The zero-order chi connectivity index (χ0) is 18.7. The number of benzene rings is 2. The smallest absolute Gasteiger partial charge is 0.426 e. The molecule has 2 aromatic carbocycles. The molecule has 1 amide bonds. The highest BCUT2D eigenvalue weighted by Crippen LogP contribution is 2.21. The zero-order valence-corrected chi connectivity index (χ0v) is 14.9. The van der Waals surface area contributed by atoms with E-state index in [1.165, 1.54) is 0 Å². The lowest BCUT2D eigenvalue weighted by molar-refractivity contribution is 0.164. The fraction of sp³-hybridized carbons (Fsp3) is 0.211. The molecule has 0 unspecified atom stereocenters. The SMILES string of the molecule is CCOC(=O)Nn1c(-c2ccc(N(C)C)cc2)nc2ccccc2c1=O. The van der Waals surface area contributed by atoms with Gasteiger partial charge in [0.05, 0.1) is 17.5 Å². The number of amides is 1. The lowest BCUT2D eigenvalue weighted by atomic mass is 10.1. The maximum Gasteiger partial charge on any atom is 0.426 e. The van der Waals surface area contributed by atoms with Gasteiger partial charge in [-0.25, -0.2) is 15.2 Å². The molecule has 0 aliphatic carbocycles. The summed E-state index contributed by atoms with van der Waals surface area (Å²) in [6.07, 6.45) is -0.710. The van der Waals surface area contributed by atoms with Gasteiger partial charge in [-0.3, -0.25) is 4.79 Å². The molecule has 1 heterocycles. The highest BCUT2D eigenvalue weighted by molar-refractivity contribution is 5.82.